The van der Waals surface area contributed by atoms with Gasteiger partial charge in [-0.2, -0.15) is 0 Å². The van der Waals surface area contributed by atoms with Crippen molar-refractivity contribution in [3.05, 3.63) is 34.9 Å². The van der Waals surface area contributed by atoms with Crippen molar-refractivity contribution >= 4 is 5.97 Å². The molecule has 21 heavy (non-hydrogen) atoms. The molecule has 0 aromatic heterocycles. The van der Waals surface area contributed by atoms with E-state index in [1.807, 2.05) is 6.07 Å². The van der Waals surface area contributed by atoms with Crippen molar-refractivity contribution in [2.45, 2.75) is 52.1 Å². The van der Waals surface area contributed by atoms with Gasteiger partial charge in [0.2, 0.25) is 0 Å². The van der Waals surface area contributed by atoms with Crippen molar-refractivity contribution in [3.63, 3.8) is 0 Å². The molecule has 3 nitrogen and oxygen atoms in total. The fourth-order valence-electron chi connectivity index (χ4n) is 4.18. The maximum Gasteiger partial charge on any atom is 0.335 e. The molecule has 1 aromatic rings. The molecule has 0 saturated heterocycles. The maximum atomic E-state index is 11.3. The number of hydrogen-bond donors (Lipinski definition) is 1. The molecular formula is C18H25NO2. The molecular weight excluding hydrogens is 262 g/mol. The molecule has 1 aliphatic carbocycles. The molecule has 1 fully saturated rings. The predicted molar refractivity (Wildman–Crippen MR) is 83.5 cm³/mol. The van der Waals surface area contributed by atoms with Crippen molar-refractivity contribution in [1.82, 2.24) is 4.90 Å². The fourth-order valence-corrected chi connectivity index (χ4v) is 4.18. The van der Waals surface area contributed by atoms with Crippen molar-refractivity contribution < 1.29 is 9.90 Å². The number of nitrogens with zero attached hydrogens (tertiary/aromatic N) is 1. The Hall–Kier alpha value is -1.35. The van der Waals surface area contributed by atoms with E-state index in [1.54, 1.807) is 6.07 Å². The van der Waals surface area contributed by atoms with Crippen LogP contribution < -0.4 is 0 Å². The number of benzene rings is 1. The van der Waals surface area contributed by atoms with Crippen LogP contribution in [0.1, 0.15) is 54.6 Å². The van der Waals surface area contributed by atoms with Gasteiger partial charge in [-0.05, 0) is 41.9 Å². The standard InChI is InChI=1S/C18H25NO2/c1-12-5-3-8-17(13(12)2)19-10-9-15-14(11-19)6-4-7-16(15)18(20)21/h4,6-7,12-13,17H,3,5,8-11H2,1-2H3,(H,20,21). The first-order valence-corrected chi connectivity index (χ1v) is 8.16. The summed E-state index contributed by atoms with van der Waals surface area (Å²) in [6.45, 7) is 6.67. The van der Waals surface area contributed by atoms with Crippen LogP contribution in [0, 0.1) is 11.8 Å². The van der Waals surface area contributed by atoms with E-state index in [-0.39, 0.29) is 0 Å². The van der Waals surface area contributed by atoms with Gasteiger partial charge in [0, 0.05) is 19.1 Å². The Morgan fingerprint density at radius 3 is 2.86 bits per heavy atom. The monoisotopic (exact) mass is 287 g/mol. The maximum absolute atomic E-state index is 11.3. The van der Waals surface area contributed by atoms with Gasteiger partial charge >= 0.3 is 5.97 Å². The predicted octanol–water partition coefficient (Wildman–Crippen LogP) is 3.57. The molecule has 114 valence electrons. The van der Waals surface area contributed by atoms with Crippen LogP contribution in [-0.2, 0) is 13.0 Å². The number of carboxylic acids is 1. The molecule has 1 aliphatic heterocycles. The molecule has 0 radical (unpaired) electrons. The molecule has 3 unspecified atom stereocenters. The third kappa shape index (κ3) is 2.71. The zero-order chi connectivity index (χ0) is 15.0. The van der Waals surface area contributed by atoms with E-state index >= 15 is 0 Å². The summed E-state index contributed by atoms with van der Waals surface area (Å²) in [6.07, 6.45) is 4.84. The zero-order valence-corrected chi connectivity index (χ0v) is 13.0. The highest BCUT2D eigenvalue weighted by molar-refractivity contribution is 5.89. The Morgan fingerprint density at radius 1 is 1.29 bits per heavy atom. The van der Waals surface area contributed by atoms with Gasteiger partial charge < -0.3 is 5.11 Å². The third-order valence-electron chi connectivity index (χ3n) is 5.66. The van der Waals surface area contributed by atoms with Gasteiger partial charge in [-0.1, -0.05) is 38.8 Å². The first-order valence-electron chi connectivity index (χ1n) is 8.16. The Labute approximate surface area is 127 Å². The van der Waals surface area contributed by atoms with Gasteiger partial charge in [0.25, 0.3) is 0 Å². The highest BCUT2D eigenvalue weighted by atomic mass is 16.4. The third-order valence-corrected chi connectivity index (χ3v) is 5.66. The van der Waals surface area contributed by atoms with Gasteiger partial charge in [-0.3, -0.25) is 4.90 Å². The SMILES string of the molecule is CC1CCCC(N2CCc3c(cccc3C(=O)O)C2)C1C. The second kappa shape index (κ2) is 5.80. The Balaban J connectivity index is 1.82. The van der Waals surface area contributed by atoms with Crippen molar-refractivity contribution in [2.24, 2.45) is 11.8 Å². The molecule has 1 N–H and O–H groups in total. The molecule has 1 heterocycles. The molecule has 3 rings (SSSR count). The molecule has 3 atom stereocenters. The topological polar surface area (TPSA) is 40.5 Å². The van der Waals surface area contributed by atoms with Gasteiger partial charge in [0.15, 0.2) is 0 Å². The molecule has 3 heteroatoms. The first-order chi connectivity index (χ1) is 10.1. The molecule has 1 saturated carbocycles. The van der Waals surface area contributed by atoms with E-state index in [0.29, 0.717) is 11.6 Å². The number of rotatable bonds is 2. The zero-order valence-electron chi connectivity index (χ0n) is 13.0. The van der Waals surface area contributed by atoms with Gasteiger partial charge in [-0.15, -0.1) is 0 Å². The van der Waals surface area contributed by atoms with E-state index in [1.165, 1.54) is 24.8 Å². The summed E-state index contributed by atoms with van der Waals surface area (Å²) in [5.41, 5.74) is 2.77. The highest BCUT2D eigenvalue weighted by Gasteiger charge is 2.33. The van der Waals surface area contributed by atoms with Crippen LogP contribution in [0.4, 0.5) is 0 Å². The van der Waals surface area contributed by atoms with Gasteiger partial charge in [-0.25, -0.2) is 4.79 Å². The fraction of sp³-hybridized carbons (Fsp3) is 0.611. The number of hydrogen-bond acceptors (Lipinski definition) is 2. The number of carbonyl (C=O) groups is 1. The summed E-state index contributed by atoms with van der Waals surface area (Å²) in [6, 6.07) is 6.39. The van der Waals surface area contributed by atoms with Crippen LogP contribution in [0.5, 0.6) is 0 Å². The summed E-state index contributed by atoms with van der Waals surface area (Å²) in [5, 5.41) is 9.32. The summed E-state index contributed by atoms with van der Waals surface area (Å²) < 4.78 is 0. The van der Waals surface area contributed by atoms with Crippen LogP contribution in [0.25, 0.3) is 0 Å². The van der Waals surface area contributed by atoms with Gasteiger partial charge in [0.1, 0.15) is 0 Å². The lowest BCUT2D eigenvalue weighted by Crippen LogP contribution is -2.46. The number of fused-ring (bicyclic) bond motifs is 1. The Bertz CT molecular complexity index is 540. The van der Waals surface area contributed by atoms with Crippen LogP contribution in [0.2, 0.25) is 0 Å². The van der Waals surface area contributed by atoms with Crippen molar-refractivity contribution in [2.75, 3.05) is 6.54 Å². The lowest BCUT2D eigenvalue weighted by molar-refractivity contribution is 0.0668. The second-order valence-electron chi connectivity index (χ2n) is 6.80. The quantitative estimate of drug-likeness (QED) is 0.904. The molecule has 1 aromatic carbocycles. The average molecular weight is 287 g/mol. The summed E-state index contributed by atoms with van der Waals surface area (Å²) in [7, 11) is 0. The van der Waals surface area contributed by atoms with E-state index in [2.05, 4.69) is 24.8 Å². The molecule has 2 aliphatic rings. The molecule has 0 amide bonds. The molecule has 0 bridgehead atoms. The van der Waals surface area contributed by atoms with E-state index in [0.717, 1.165) is 36.9 Å². The van der Waals surface area contributed by atoms with Crippen molar-refractivity contribution in [1.29, 1.82) is 0 Å². The molecule has 0 spiro atoms. The number of aromatic carboxylic acids is 1. The smallest absolute Gasteiger partial charge is 0.335 e. The largest absolute Gasteiger partial charge is 0.478 e. The van der Waals surface area contributed by atoms with Crippen LogP contribution in [0.3, 0.4) is 0 Å². The first kappa shape index (κ1) is 14.6. The number of carboxylic acid groups (broad SMARTS) is 1. The summed E-state index contributed by atoms with van der Waals surface area (Å²) in [4.78, 5) is 13.9. The summed E-state index contributed by atoms with van der Waals surface area (Å²) in [5.74, 6) is 0.749. The Morgan fingerprint density at radius 2 is 2.10 bits per heavy atom. The Kier molecular flexibility index (Phi) is 4.03. The summed E-state index contributed by atoms with van der Waals surface area (Å²) >= 11 is 0. The minimum atomic E-state index is -0.792. The highest BCUT2D eigenvalue weighted by Crippen LogP contribution is 2.35. The minimum absolute atomic E-state index is 0.497. The normalized spacial score (nSPS) is 29.9. The lowest BCUT2D eigenvalue weighted by atomic mass is 9.76. The van der Waals surface area contributed by atoms with E-state index < -0.39 is 5.97 Å². The van der Waals surface area contributed by atoms with Crippen LogP contribution in [-0.4, -0.2) is 28.6 Å². The second-order valence-corrected chi connectivity index (χ2v) is 6.80. The van der Waals surface area contributed by atoms with E-state index in [9.17, 15) is 9.90 Å². The van der Waals surface area contributed by atoms with Gasteiger partial charge in [0.05, 0.1) is 5.56 Å². The lowest BCUT2D eigenvalue weighted by Gasteiger charge is -2.43. The van der Waals surface area contributed by atoms with Crippen LogP contribution >= 0.6 is 0 Å². The average Bonchev–Trinajstić information content (AvgIpc) is 2.48. The van der Waals surface area contributed by atoms with Crippen molar-refractivity contribution in [3.8, 4) is 0 Å². The van der Waals surface area contributed by atoms with E-state index in [4.69, 9.17) is 0 Å². The minimum Gasteiger partial charge on any atom is -0.478 e. The van der Waals surface area contributed by atoms with Crippen LogP contribution in [0.15, 0.2) is 18.2 Å².